The predicted molar refractivity (Wildman–Crippen MR) is 94.2 cm³/mol. The maximum Gasteiger partial charge on any atom is 0.319 e. The molecule has 0 atom stereocenters. The maximum absolute atomic E-state index is 12.7. The lowest BCUT2D eigenvalue weighted by Gasteiger charge is -2.32. The van der Waals surface area contributed by atoms with Crippen LogP contribution >= 0.6 is 11.8 Å². The highest BCUT2D eigenvalue weighted by Crippen LogP contribution is 2.22. The van der Waals surface area contributed by atoms with Crippen molar-refractivity contribution >= 4 is 17.7 Å². The molecule has 0 bridgehead atoms. The Balaban J connectivity index is 1.59. The largest absolute Gasteiger partial charge is 0.474 e. The molecule has 3 rings (SSSR count). The standard InChI is InChI=1S/C17H20N4O3S/c1-23-17-19-9-5-14(20-17)24-12-6-10-21(11-7-12)16(22)13-4-3-8-18-15(13)25-2/h3-5,8-9,12H,6-7,10-11H2,1-2H3. The van der Waals surface area contributed by atoms with E-state index in [2.05, 4.69) is 15.0 Å². The van der Waals surface area contributed by atoms with Crippen molar-refractivity contribution in [2.75, 3.05) is 26.5 Å². The number of nitrogens with zero attached hydrogens (tertiary/aromatic N) is 4. The van der Waals surface area contributed by atoms with Crippen LogP contribution in [0.15, 0.2) is 35.6 Å². The molecule has 3 heterocycles. The molecular formula is C17H20N4O3S. The van der Waals surface area contributed by atoms with Gasteiger partial charge >= 0.3 is 6.01 Å². The van der Waals surface area contributed by atoms with Gasteiger partial charge in [-0.2, -0.15) is 4.98 Å². The summed E-state index contributed by atoms with van der Waals surface area (Å²) in [5.74, 6) is 0.521. The number of carbonyl (C=O) groups excluding carboxylic acids is 1. The Labute approximate surface area is 150 Å². The first-order chi connectivity index (χ1) is 12.2. The Morgan fingerprint density at radius 2 is 2.04 bits per heavy atom. The second-order valence-electron chi connectivity index (χ2n) is 5.55. The fraction of sp³-hybridized carbons (Fsp3) is 0.412. The third kappa shape index (κ3) is 4.19. The smallest absolute Gasteiger partial charge is 0.319 e. The van der Waals surface area contributed by atoms with Gasteiger partial charge in [0, 0.05) is 44.4 Å². The zero-order chi connectivity index (χ0) is 17.6. The molecule has 0 radical (unpaired) electrons. The lowest BCUT2D eigenvalue weighted by Crippen LogP contribution is -2.42. The molecule has 1 saturated heterocycles. The lowest BCUT2D eigenvalue weighted by molar-refractivity contribution is 0.0582. The Hall–Kier alpha value is -2.35. The topological polar surface area (TPSA) is 77.4 Å². The molecule has 1 aliphatic rings. The molecule has 2 aromatic heterocycles. The van der Waals surface area contributed by atoms with Crippen LogP contribution in [0.3, 0.4) is 0 Å². The van der Waals surface area contributed by atoms with Crippen LogP contribution in [-0.2, 0) is 0 Å². The molecule has 7 nitrogen and oxygen atoms in total. The summed E-state index contributed by atoms with van der Waals surface area (Å²) in [7, 11) is 1.52. The van der Waals surface area contributed by atoms with E-state index in [1.54, 1.807) is 24.5 Å². The van der Waals surface area contributed by atoms with Crippen molar-refractivity contribution in [2.45, 2.75) is 24.0 Å². The van der Waals surface area contributed by atoms with E-state index in [4.69, 9.17) is 9.47 Å². The molecular weight excluding hydrogens is 340 g/mol. The van der Waals surface area contributed by atoms with Gasteiger partial charge in [0.1, 0.15) is 11.1 Å². The van der Waals surface area contributed by atoms with Gasteiger partial charge in [0.05, 0.1) is 12.7 Å². The van der Waals surface area contributed by atoms with Crippen molar-refractivity contribution in [2.24, 2.45) is 0 Å². The van der Waals surface area contributed by atoms with Gasteiger partial charge in [-0.15, -0.1) is 11.8 Å². The predicted octanol–water partition coefficient (Wildman–Crippen LogP) is 2.29. The van der Waals surface area contributed by atoms with Crippen molar-refractivity contribution in [1.29, 1.82) is 0 Å². The summed E-state index contributed by atoms with van der Waals surface area (Å²) in [6.45, 7) is 1.29. The van der Waals surface area contributed by atoms with Crippen molar-refractivity contribution < 1.29 is 14.3 Å². The van der Waals surface area contributed by atoms with Gasteiger partial charge in [0.2, 0.25) is 5.88 Å². The number of methoxy groups -OCH3 is 1. The third-order valence-corrected chi connectivity index (χ3v) is 4.71. The number of amides is 1. The summed E-state index contributed by atoms with van der Waals surface area (Å²) in [5, 5.41) is 0.763. The number of likely N-dealkylation sites (tertiary alicyclic amines) is 1. The summed E-state index contributed by atoms with van der Waals surface area (Å²) < 4.78 is 10.9. The van der Waals surface area contributed by atoms with Gasteiger partial charge in [-0.05, 0) is 18.4 Å². The molecule has 0 saturated carbocycles. The van der Waals surface area contributed by atoms with Crippen LogP contribution in [0.1, 0.15) is 23.2 Å². The zero-order valence-electron chi connectivity index (χ0n) is 14.2. The molecule has 1 amide bonds. The molecule has 2 aromatic rings. The highest BCUT2D eigenvalue weighted by Gasteiger charge is 2.26. The highest BCUT2D eigenvalue weighted by atomic mass is 32.2. The highest BCUT2D eigenvalue weighted by molar-refractivity contribution is 7.98. The van der Waals surface area contributed by atoms with Crippen LogP contribution in [-0.4, -0.2) is 58.3 Å². The van der Waals surface area contributed by atoms with Gasteiger partial charge in [-0.3, -0.25) is 4.79 Å². The monoisotopic (exact) mass is 360 g/mol. The summed E-state index contributed by atoms with van der Waals surface area (Å²) in [5.41, 5.74) is 0.662. The van der Waals surface area contributed by atoms with Gasteiger partial charge in [-0.25, -0.2) is 9.97 Å². The van der Waals surface area contributed by atoms with Crippen LogP contribution in [0.5, 0.6) is 11.9 Å². The van der Waals surface area contributed by atoms with Gasteiger partial charge in [-0.1, -0.05) is 0 Å². The number of hydrogen-bond donors (Lipinski definition) is 0. The van der Waals surface area contributed by atoms with E-state index in [-0.39, 0.29) is 18.0 Å². The third-order valence-electron chi connectivity index (χ3n) is 4.00. The average molecular weight is 360 g/mol. The summed E-state index contributed by atoms with van der Waals surface area (Å²) >= 11 is 1.48. The van der Waals surface area contributed by atoms with Crippen molar-refractivity contribution in [3.8, 4) is 11.9 Å². The van der Waals surface area contributed by atoms with E-state index in [1.807, 2.05) is 17.2 Å². The quantitative estimate of drug-likeness (QED) is 0.757. The number of rotatable bonds is 5. The fourth-order valence-corrected chi connectivity index (χ4v) is 3.26. The van der Waals surface area contributed by atoms with Gasteiger partial charge < -0.3 is 14.4 Å². The average Bonchev–Trinajstić information content (AvgIpc) is 2.68. The second kappa shape index (κ2) is 8.15. The van der Waals surface area contributed by atoms with Crippen molar-refractivity contribution in [3.05, 3.63) is 36.2 Å². The number of pyridine rings is 1. The Kier molecular flexibility index (Phi) is 5.70. The first-order valence-corrected chi connectivity index (χ1v) is 9.25. The normalized spacial score (nSPS) is 15.0. The molecule has 0 spiro atoms. The zero-order valence-corrected chi connectivity index (χ0v) is 15.0. The molecule has 8 heteroatoms. The van der Waals surface area contributed by atoms with Gasteiger partial charge in [0.25, 0.3) is 5.91 Å². The van der Waals surface area contributed by atoms with E-state index in [9.17, 15) is 4.79 Å². The fourth-order valence-electron chi connectivity index (χ4n) is 2.72. The van der Waals surface area contributed by atoms with Crippen LogP contribution in [0.25, 0.3) is 0 Å². The number of ether oxygens (including phenoxy) is 2. The Morgan fingerprint density at radius 1 is 1.24 bits per heavy atom. The molecule has 1 aliphatic heterocycles. The van der Waals surface area contributed by atoms with E-state index in [0.717, 1.165) is 17.9 Å². The summed E-state index contributed by atoms with van der Waals surface area (Å²) in [4.78, 5) is 27.0. The lowest BCUT2D eigenvalue weighted by atomic mass is 10.1. The number of carbonyl (C=O) groups is 1. The molecule has 0 unspecified atom stereocenters. The molecule has 132 valence electrons. The minimum Gasteiger partial charge on any atom is -0.474 e. The van der Waals surface area contributed by atoms with Crippen molar-refractivity contribution in [3.63, 3.8) is 0 Å². The molecule has 0 N–H and O–H groups in total. The number of aromatic nitrogens is 3. The van der Waals surface area contributed by atoms with Crippen molar-refractivity contribution in [1.82, 2.24) is 19.9 Å². The summed E-state index contributed by atoms with van der Waals surface area (Å²) in [6, 6.07) is 5.62. The first kappa shape index (κ1) is 17.5. The minimum atomic E-state index is 0.0255. The SMILES string of the molecule is COc1nccc(OC2CCN(C(=O)c3cccnc3SC)CC2)n1. The summed E-state index contributed by atoms with van der Waals surface area (Å²) in [6.07, 6.45) is 6.78. The van der Waals surface area contributed by atoms with E-state index in [0.29, 0.717) is 24.5 Å². The second-order valence-corrected chi connectivity index (χ2v) is 6.35. The van der Waals surface area contributed by atoms with E-state index < -0.39 is 0 Å². The molecule has 25 heavy (non-hydrogen) atoms. The first-order valence-electron chi connectivity index (χ1n) is 8.03. The minimum absolute atomic E-state index is 0.0255. The van der Waals surface area contributed by atoms with Crippen LogP contribution in [0.4, 0.5) is 0 Å². The maximum atomic E-state index is 12.7. The van der Waals surface area contributed by atoms with Gasteiger partial charge in [0.15, 0.2) is 0 Å². The molecule has 0 aliphatic carbocycles. The van der Waals surface area contributed by atoms with E-state index in [1.165, 1.54) is 18.9 Å². The Morgan fingerprint density at radius 3 is 2.76 bits per heavy atom. The molecule has 0 aromatic carbocycles. The van der Waals surface area contributed by atoms with Crippen LogP contribution in [0, 0.1) is 0 Å². The number of hydrogen-bond acceptors (Lipinski definition) is 7. The number of piperidine rings is 1. The van der Waals surface area contributed by atoms with Crippen LogP contribution in [0.2, 0.25) is 0 Å². The van der Waals surface area contributed by atoms with Crippen LogP contribution < -0.4 is 9.47 Å². The molecule has 1 fully saturated rings. The Bertz CT molecular complexity index is 735. The van der Waals surface area contributed by atoms with E-state index >= 15 is 0 Å². The number of thioether (sulfide) groups is 1.